The molecule has 0 atom stereocenters. The van der Waals surface area contributed by atoms with Crippen LogP contribution in [0.15, 0.2) is 61.1 Å². The summed E-state index contributed by atoms with van der Waals surface area (Å²) < 4.78 is 10.8. The Kier molecular flexibility index (Phi) is 5.40. The number of fused-ring (bicyclic) bond motifs is 1. The Morgan fingerprint density at radius 1 is 1.00 bits per heavy atom. The van der Waals surface area contributed by atoms with Gasteiger partial charge in [-0.15, -0.1) is 0 Å². The number of nitrogens with one attached hydrogen (secondary N) is 1. The van der Waals surface area contributed by atoms with Crippen molar-refractivity contribution in [3.8, 4) is 28.1 Å². The number of aromatic nitrogens is 3. The van der Waals surface area contributed by atoms with E-state index >= 15 is 0 Å². The number of rotatable bonds is 7. The summed E-state index contributed by atoms with van der Waals surface area (Å²) in [6.45, 7) is 5.86. The molecule has 31 heavy (non-hydrogen) atoms. The zero-order valence-electron chi connectivity index (χ0n) is 17.8. The van der Waals surface area contributed by atoms with Gasteiger partial charge in [0.15, 0.2) is 0 Å². The molecule has 6 nitrogen and oxygen atoms in total. The number of pyridine rings is 2. The van der Waals surface area contributed by atoms with Gasteiger partial charge in [0.25, 0.3) is 0 Å². The number of ether oxygens (including phenoxy) is 2. The van der Waals surface area contributed by atoms with E-state index in [2.05, 4.69) is 57.1 Å². The topological polar surface area (TPSA) is 63.3 Å². The summed E-state index contributed by atoms with van der Waals surface area (Å²) in [5.74, 6) is 0.606. The van der Waals surface area contributed by atoms with Crippen LogP contribution in [-0.4, -0.2) is 52.8 Å². The van der Waals surface area contributed by atoms with E-state index in [0.29, 0.717) is 12.0 Å². The lowest BCUT2D eigenvalue weighted by Crippen LogP contribution is -2.51. The number of benzene rings is 1. The standard InChI is InChI=1S/C25H26N4O2/c1-3-31-21-15-29(16-21)14-17-4-6-18(7-5-17)20-10-22-23(13-28-25(22)27-12-20)19-8-9-24(30-2)26-11-19/h4-13,21H,3,14-16H2,1-2H3,(H,27,28). The molecule has 0 amide bonds. The number of hydrogen-bond donors (Lipinski definition) is 1. The van der Waals surface area contributed by atoms with Crippen LogP contribution in [0.1, 0.15) is 12.5 Å². The van der Waals surface area contributed by atoms with Crippen LogP contribution in [0.25, 0.3) is 33.3 Å². The maximum Gasteiger partial charge on any atom is 0.212 e. The van der Waals surface area contributed by atoms with Gasteiger partial charge < -0.3 is 14.5 Å². The van der Waals surface area contributed by atoms with Crippen molar-refractivity contribution in [1.82, 2.24) is 19.9 Å². The third kappa shape index (κ3) is 4.04. The Hall–Kier alpha value is -3.22. The molecule has 0 saturated carbocycles. The van der Waals surface area contributed by atoms with Crippen LogP contribution in [0.3, 0.4) is 0 Å². The van der Waals surface area contributed by atoms with Crippen molar-refractivity contribution in [1.29, 1.82) is 0 Å². The fourth-order valence-electron chi connectivity index (χ4n) is 4.11. The zero-order valence-corrected chi connectivity index (χ0v) is 17.8. The van der Waals surface area contributed by atoms with Gasteiger partial charge in [0.05, 0.1) is 13.2 Å². The Bertz CT molecular complexity index is 1160. The summed E-state index contributed by atoms with van der Waals surface area (Å²) >= 11 is 0. The average molecular weight is 415 g/mol. The summed E-state index contributed by atoms with van der Waals surface area (Å²) in [5, 5.41) is 1.08. The molecule has 0 spiro atoms. The first-order valence-electron chi connectivity index (χ1n) is 10.6. The monoisotopic (exact) mass is 414 g/mol. The van der Waals surface area contributed by atoms with Gasteiger partial charge in [-0.2, -0.15) is 0 Å². The summed E-state index contributed by atoms with van der Waals surface area (Å²) in [7, 11) is 1.62. The lowest BCUT2D eigenvalue weighted by molar-refractivity contribution is -0.0531. The molecule has 0 bridgehead atoms. The molecule has 1 aromatic carbocycles. The van der Waals surface area contributed by atoms with Crippen molar-refractivity contribution in [2.45, 2.75) is 19.6 Å². The van der Waals surface area contributed by atoms with Gasteiger partial charge in [0.1, 0.15) is 5.65 Å². The van der Waals surface area contributed by atoms with E-state index in [0.717, 1.165) is 59.5 Å². The second-order valence-corrected chi connectivity index (χ2v) is 7.88. The van der Waals surface area contributed by atoms with Crippen molar-refractivity contribution in [2.75, 3.05) is 26.8 Å². The Balaban J connectivity index is 1.35. The second-order valence-electron chi connectivity index (χ2n) is 7.88. The maximum absolute atomic E-state index is 5.64. The van der Waals surface area contributed by atoms with Gasteiger partial charge >= 0.3 is 0 Å². The molecule has 1 saturated heterocycles. The van der Waals surface area contributed by atoms with Crippen LogP contribution in [0, 0.1) is 0 Å². The number of aromatic amines is 1. The predicted molar refractivity (Wildman–Crippen MR) is 122 cm³/mol. The fraction of sp³-hybridized carbons (Fsp3) is 0.280. The number of likely N-dealkylation sites (tertiary alicyclic amines) is 1. The molecule has 4 heterocycles. The van der Waals surface area contributed by atoms with E-state index in [1.54, 1.807) is 7.11 Å². The van der Waals surface area contributed by atoms with E-state index in [9.17, 15) is 0 Å². The maximum atomic E-state index is 5.64. The van der Waals surface area contributed by atoms with Crippen LogP contribution in [0.5, 0.6) is 5.88 Å². The van der Waals surface area contributed by atoms with Crippen molar-refractivity contribution in [3.05, 3.63) is 66.6 Å². The van der Waals surface area contributed by atoms with Crippen LogP contribution in [0.4, 0.5) is 0 Å². The summed E-state index contributed by atoms with van der Waals surface area (Å²) in [4.78, 5) is 14.6. The SMILES string of the molecule is CCOC1CN(Cc2ccc(-c3cnc4[nH]cc(-c5ccc(OC)nc5)c4c3)cc2)C1. The van der Waals surface area contributed by atoms with Crippen molar-refractivity contribution in [2.24, 2.45) is 0 Å². The quantitative estimate of drug-likeness (QED) is 0.482. The van der Waals surface area contributed by atoms with Gasteiger partial charge in [-0.05, 0) is 30.2 Å². The zero-order chi connectivity index (χ0) is 21.2. The Labute approximate surface area is 181 Å². The van der Waals surface area contributed by atoms with Gasteiger partial charge in [-0.1, -0.05) is 24.3 Å². The van der Waals surface area contributed by atoms with Crippen molar-refractivity contribution >= 4 is 11.0 Å². The molecule has 3 aromatic heterocycles. The lowest BCUT2D eigenvalue weighted by atomic mass is 10.0. The molecular weight excluding hydrogens is 388 g/mol. The molecular formula is C25H26N4O2. The number of H-pyrrole nitrogens is 1. The second kappa shape index (κ2) is 8.49. The molecule has 5 rings (SSSR count). The predicted octanol–water partition coefficient (Wildman–Crippen LogP) is 4.52. The van der Waals surface area contributed by atoms with E-state index in [-0.39, 0.29) is 0 Å². The minimum Gasteiger partial charge on any atom is -0.481 e. The first-order chi connectivity index (χ1) is 15.2. The molecule has 0 unspecified atom stereocenters. The Morgan fingerprint density at radius 2 is 1.77 bits per heavy atom. The van der Waals surface area contributed by atoms with E-state index < -0.39 is 0 Å². The molecule has 0 radical (unpaired) electrons. The van der Waals surface area contributed by atoms with E-state index in [1.807, 2.05) is 30.7 Å². The van der Waals surface area contributed by atoms with Gasteiger partial charge in [-0.25, -0.2) is 9.97 Å². The molecule has 6 heteroatoms. The third-order valence-electron chi connectivity index (χ3n) is 5.81. The summed E-state index contributed by atoms with van der Waals surface area (Å²) in [6.07, 6.45) is 6.13. The van der Waals surface area contributed by atoms with Crippen LogP contribution < -0.4 is 4.74 Å². The molecule has 1 aliphatic rings. The van der Waals surface area contributed by atoms with Gasteiger partial charge in [0, 0.05) is 73.0 Å². The Morgan fingerprint density at radius 3 is 2.48 bits per heavy atom. The average Bonchev–Trinajstić information content (AvgIpc) is 3.21. The first-order valence-corrected chi connectivity index (χ1v) is 10.6. The highest BCUT2D eigenvalue weighted by molar-refractivity contribution is 5.95. The largest absolute Gasteiger partial charge is 0.481 e. The minimum absolute atomic E-state index is 0.401. The molecule has 0 aliphatic carbocycles. The third-order valence-corrected chi connectivity index (χ3v) is 5.81. The number of nitrogens with zero attached hydrogens (tertiary/aromatic N) is 3. The number of hydrogen-bond acceptors (Lipinski definition) is 5. The fourth-order valence-corrected chi connectivity index (χ4v) is 4.11. The summed E-state index contributed by atoms with van der Waals surface area (Å²) in [6, 6.07) is 14.9. The normalized spacial score (nSPS) is 14.6. The van der Waals surface area contributed by atoms with Crippen LogP contribution in [-0.2, 0) is 11.3 Å². The van der Waals surface area contributed by atoms with Crippen LogP contribution in [0.2, 0.25) is 0 Å². The minimum atomic E-state index is 0.401. The van der Waals surface area contributed by atoms with E-state index in [1.165, 1.54) is 5.56 Å². The molecule has 4 aromatic rings. The van der Waals surface area contributed by atoms with E-state index in [4.69, 9.17) is 9.47 Å². The first kappa shape index (κ1) is 19.7. The molecule has 158 valence electrons. The van der Waals surface area contributed by atoms with Crippen LogP contribution >= 0.6 is 0 Å². The van der Waals surface area contributed by atoms with Gasteiger partial charge in [0.2, 0.25) is 5.88 Å². The van der Waals surface area contributed by atoms with Gasteiger partial charge in [-0.3, -0.25) is 4.90 Å². The highest BCUT2D eigenvalue weighted by Crippen LogP contribution is 2.31. The molecule has 1 N–H and O–H groups in total. The van der Waals surface area contributed by atoms with Crippen molar-refractivity contribution < 1.29 is 9.47 Å². The molecule has 1 aliphatic heterocycles. The number of methoxy groups -OCH3 is 1. The highest BCUT2D eigenvalue weighted by Gasteiger charge is 2.26. The highest BCUT2D eigenvalue weighted by atomic mass is 16.5. The molecule has 1 fully saturated rings. The van der Waals surface area contributed by atoms with Crippen molar-refractivity contribution in [3.63, 3.8) is 0 Å². The summed E-state index contributed by atoms with van der Waals surface area (Å²) in [5.41, 5.74) is 6.56. The lowest BCUT2D eigenvalue weighted by Gasteiger charge is -2.38. The smallest absolute Gasteiger partial charge is 0.212 e.